The number of fused-ring (bicyclic) bond motifs is 2. The maximum atomic E-state index is 12.1. The van der Waals surface area contributed by atoms with Crippen molar-refractivity contribution in [2.75, 3.05) is 19.5 Å². The van der Waals surface area contributed by atoms with Crippen LogP contribution in [0.2, 0.25) is 0 Å². The second kappa shape index (κ2) is 10.5. The van der Waals surface area contributed by atoms with Gasteiger partial charge >= 0.3 is 0 Å². The maximum Gasteiger partial charge on any atom is 0.251 e. The summed E-state index contributed by atoms with van der Waals surface area (Å²) in [7, 11) is 3.11. The number of methoxy groups -OCH3 is 1. The predicted molar refractivity (Wildman–Crippen MR) is 150 cm³/mol. The third kappa shape index (κ3) is 4.91. The zero-order chi connectivity index (χ0) is 27.8. The Morgan fingerprint density at radius 1 is 1.10 bits per heavy atom. The Labute approximate surface area is 229 Å². The zero-order valence-electron chi connectivity index (χ0n) is 22.4. The van der Waals surface area contributed by atoms with Crippen LogP contribution in [0.5, 0.6) is 11.6 Å². The molecule has 11 heteroatoms. The fourth-order valence-electron chi connectivity index (χ4n) is 5.10. The molecule has 0 atom stereocenters. The molecule has 2 aromatic carbocycles. The second-order valence-electron chi connectivity index (χ2n) is 9.86. The van der Waals surface area contributed by atoms with Gasteiger partial charge in [-0.1, -0.05) is 6.07 Å². The standard InChI is InChI=1S/C29H30N6O5/c1-15-32-22-10-4-16(12-24(22)39-15)20-14-31-26-25(20)28(40-19-8-6-18(36)7-9-19)35-29(34-26)33-21-11-5-17(27(37)30-2)13-23(21)38-3/h4-5,10-14,18-19,36H,6-9H2,1-3H3,(H,30,37)(H2,31,33,34,35)/t18-,19-. The van der Waals surface area contributed by atoms with E-state index in [4.69, 9.17) is 23.9 Å². The number of benzene rings is 2. The number of rotatable bonds is 7. The van der Waals surface area contributed by atoms with Crippen molar-refractivity contribution in [2.24, 2.45) is 0 Å². The number of aromatic amines is 1. The molecule has 0 radical (unpaired) electrons. The SMILES string of the molecule is CNC(=O)c1ccc(Nc2nc(O[C@H]3CC[C@H](O)CC3)c3c(-c4ccc5nc(C)oc5c4)c[nH]c3n2)c(OC)c1. The quantitative estimate of drug-likeness (QED) is 0.226. The number of nitrogens with zero attached hydrogens (tertiary/aromatic N) is 3. The van der Waals surface area contributed by atoms with Crippen molar-refractivity contribution in [3.8, 4) is 22.8 Å². The molecule has 1 aliphatic carbocycles. The van der Waals surface area contributed by atoms with Gasteiger partial charge in [-0.25, -0.2) is 4.98 Å². The average Bonchev–Trinajstić information content (AvgIpc) is 3.56. The summed E-state index contributed by atoms with van der Waals surface area (Å²) in [5, 5.41) is 16.6. The monoisotopic (exact) mass is 542 g/mol. The number of aliphatic hydroxyl groups excluding tert-OH is 1. The molecule has 3 aromatic heterocycles. The van der Waals surface area contributed by atoms with Crippen LogP contribution < -0.4 is 20.1 Å². The van der Waals surface area contributed by atoms with Gasteiger partial charge in [-0.15, -0.1) is 0 Å². The van der Waals surface area contributed by atoms with E-state index in [2.05, 4.69) is 20.6 Å². The van der Waals surface area contributed by atoms with Gasteiger partial charge in [0.25, 0.3) is 5.91 Å². The third-order valence-corrected chi connectivity index (χ3v) is 7.16. The highest BCUT2D eigenvalue weighted by Crippen LogP contribution is 2.38. The Morgan fingerprint density at radius 2 is 1.93 bits per heavy atom. The number of H-pyrrole nitrogens is 1. The first-order chi connectivity index (χ1) is 19.4. The minimum atomic E-state index is -0.298. The highest BCUT2D eigenvalue weighted by atomic mass is 16.5. The van der Waals surface area contributed by atoms with Crippen molar-refractivity contribution in [2.45, 2.75) is 44.8 Å². The lowest BCUT2D eigenvalue weighted by molar-refractivity contribution is 0.0652. The van der Waals surface area contributed by atoms with Crippen molar-refractivity contribution in [1.29, 1.82) is 0 Å². The van der Waals surface area contributed by atoms with E-state index in [1.54, 1.807) is 25.2 Å². The molecule has 1 aliphatic rings. The minimum Gasteiger partial charge on any atom is -0.495 e. The van der Waals surface area contributed by atoms with E-state index in [9.17, 15) is 9.90 Å². The molecule has 6 rings (SSSR count). The molecule has 0 bridgehead atoms. The van der Waals surface area contributed by atoms with Gasteiger partial charge in [-0.2, -0.15) is 9.97 Å². The molecule has 4 N–H and O–H groups in total. The lowest BCUT2D eigenvalue weighted by Gasteiger charge is -2.26. The van der Waals surface area contributed by atoms with Crippen LogP contribution in [0.15, 0.2) is 47.0 Å². The Bertz CT molecular complexity index is 1700. The van der Waals surface area contributed by atoms with Gasteiger partial charge in [-0.3, -0.25) is 4.79 Å². The molecule has 1 saturated carbocycles. The van der Waals surface area contributed by atoms with Crippen LogP contribution in [0.3, 0.4) is 0 Å². The molecule has 11 nitrogen and oxygen atoms in total. The Hall–Kier alpha value is -4.64. The number of nitrogens with one attached hydrogen (secondary N) is 3. The van der Waals surface area contributed by atoms with E-state index in [-0.39, 0.29) is 18.1 Å². The van der Waals surface area contributed by atoms with Crippen LogP contribution in [0, 0.1) is 6.92 Å². The predicted octanol–water partition coefficient (Wildman–Crippen LogP) is 4.87. The Morgan fingerprint density at radius 3 is 2.70 bits per heavy atom. The molecule has 1 amide bonds. The molecule has 206 valence electrons. The number of anilines is 2. The minimum absolute atomic E-state index is 0.0853. The van der Waals surface area contributed by atoms with Crippen LogP contribution in [0.4, 0.5) is 11.6 Å². The second-order valence-corrected chi connectivity index (χ2v) is 9.86. The van der Waals surface area contributed by atoms with Crippen LogP contribution in [0.1, 0.15) is 41.9 Å². The molecule has 0 spiro atoms. The van der Waals surface area contributed by atoms with E-state index >= 15 is 0 Å². The molecule has 40 heavy (non-hydrogen) atoms. The summed E-state index contributed by atoms with van der Waals surface area (Å²) in [5.74, 6) is 1.59. The summed E-state index contributed by atoms with van der Waals surface area (Å²) in [6.45, 7) is 1.82. The molecule has 0 saturated heterocycles. The van der Waals surface area contributed by atoms with Crippen molar-refractivity contribution in [3.05, 3.63) is 54.0 Å². The summed E-state index contributed by atoms with van der Waals surface area (Å²) < 4.78 is 17.8. The maximum absolute atomic E-state index is 12.1. The number of aromatic nitrogens is 4. The average molecular weight is 543 g/mol. The van der Waals surface area contributed by atoms with Crippen molar-refractivity contribution < 1.29 is 23.8 Å². The molecule has 0 unspecified atom stereocenters. The summed E-state index contributed by atoms with van der Waals surface area (Å²) >= 11 is 0. The van der Waals surface area contributed by atoms with Gasteiger partial charge in [0.2, 0.25) is 11.8 Å². The van der Waals surface area contributed by atoms with Gasteiger partial charge in [-0.05, 0) is 61.6 Å². The normalized spacial score (nSPS) is 17.2. The summed E-state index contributed by atoms with van der Waals surface area (Å²) in [5.41, 5.74) is 4.92. The van der Waals surface area contributed by atoms with Gasteiger partial charge in [0.1, 0.15) is 23.0 Å². The number of carbonyl (C=O) groups is 1. The number of carbonyl (C=O) groups excluding carboxylic acids is 1. The van der Waals surface area contributed by atoms with Crippen LogP contribution in [-0.2, 0) is 0 Å². The van der Waals surface area contributed by atoms with Gasteiger partial charge in [0, 0.05) is 31.3 Å². The van der Waals surface area contributed by atoms with Gasteiger partial charge < -0.3 is 34.6 Å². The van der Waals surface area contributed by atoms with Gasteiger partial charge in [0.15, 0.2) is 11.5 Å². The molecule has 0 aliphatic heterocycles. The van der Waals surface area contributed by atoms with Crippen molar-refractivity contribution >= 4 is 39.7 Å². The highest BCUT2D eigenvalue weighted by molar-refractivity contribution is 5.99. The van der Waals surface area contributed by atoms with Crippen molar-refractivity contribution in [3.63, 3.8) is 0 Å². The lowest BCUT2D eigenvalue weighted by atomic mass is 9.95. The number of hydrogen-bond acceptors (Lipinski definition) is 9. The number of amides is 1. The number of aliphatic hydroxyl groups is 1. The molecule has 3 heterocycles. The topological polar surface area (TPSA) is 147 Å². The summed E-state index contributed by atoms with van der Waals surface area (Å²) in [4.78, 5) is 29.3. The largest absolute Gasteiger partial charge is 0.495 e. The van der Waals surface area contributed by atoms with E-state index in [1.165, 1.54) is 7.11 Å². The number of aryl methyl sites for hydroxylation is 1. The fraction of sp³-hybridized carbons (Fsp3) is 0.310. The van der Waals surface area contributed by atoms with E-state index in [0.717, 1.165) is 34.9 Å². The zero-order valence-corrected chi connectivity index (χ0v) is 22.4. The van der Waals surface area contributed by atoms with E-state index in [0.29, 0.717) is 58.8 Å². The van der Waals surface area contributed by atoms with Gasteiger partial charge in [0.05, 0.1) is 24.3 Å². The van der Waals surface area contributed by atoms with Crippen LogP contribution in [0.25, 0.3) is 33.3 Å². The molecule has 5 aromatic rings. The van der Waals surface area contributed by atoms with E-state index < -0.39 is 0 Å². The lowest BCUT2D eigenvalue weighted by Crippen LogP contribution is -2.27. The number of oxazole rings is 1. The smallest absolute Gasteiger partial charge is 0.251 e. The van der Waals surface area contributed by atoms with Crippen LogP contribution in [-0.4, -0.2) is 57.3 Å². The molecular formula is C29H30N6O5. The summed E-state index contributed by atoms with van der Waals surface area (Å²) in [6, 6.07) is 10.9. The summed E-state index contributed by atoms with van der Waals surface area (Å²) in [6.07, 6.45) is 4.32. The van der Waals surface area contributed by atoms with E-state index in [1.807, 2.05) is 31.3 Å². The third-order valence-electron chi connectivity index (χ3n) is 7.16. The number of ether oxygens (including phenoxy) is 2. The Kier molecular flexibility index (Phi) is 6.72. The first-order valence-electron chi connectivity index (χ1n) is 13.2. The van der Waals surface area contributed by atoms with Crippen molar-refractivity contribution in [1.82, 2.24) is 25.3 Å². The fourth-order valence-corrected chi connectivity index (χ4v) is 5.10. The first kappa shape index (κ1) is 25.6. The van der Waals surface area contributed by atoms with Crippen LogP contribution >= 0.6 is 0 Å². The first-order valence-corrected chi connectivity index (χ1v) is 13.2. The molecule has 1 fully saturated rings. The number of hydrogen-bond donors (Lipinski definition) is 4. The molecular weight excluding hydrogens is 512 g/mol. The Balaban J connectivity index is 1.41. The highest BCUT2D eigenvalue weighted by Gasteiger charge is 2.25.